The molecule has 0 bridgehead atoms. The van der Waals surface area contributed by atoms with E-state index in [1.54, 1.807) is 0 Å². The molecule has 0 aromatic heterocycles. The van der Waals surface area contributed by atoms with Crippen molar-refractivity contribution in [1.29, 1.82) is 0 Å². The van der Waals surface area contributed by atoms with Gasteiger partial charge in [-0.05, 0) is 35.4 Å². The molecule has 0 fully saturated rings. The Morgan fingerprint density at radius 1 is 1.44 bits per heavy atom. The summed E-state index contributed by atoms with van der Waals surface area (Å²) >= 11 is 0. The molecule has 1 aliphatic heterocycles. The summed E-state index contributed by atoms with van der Waals surface area (Å²) < 4.78 is 5.60. The molecule has 4 heteroatoms. The highest BCUT2D eigenvalue weighted by atomic mass is 16.5. The van der Waals surface area contributed by atoms with Gasteiger partial charge in [-0.15, -0.1) is 0 Å². The number of fused-ring (bicyclic) bond motifs is 1. The molecule has 0 unspecified atom stereocenters. The first-order chi connectivity index (χ1) is 8.49. The molecule has 0 N–H and O–H groups in total. The predicted molar refractivity (Wildman–Crippen MR) is 71.6 cm³/mol. The van der Waals surface area contributed by atoms with E-state index in [4.69, 9.17) is 10.3 Å². The van der Waals surface area contributed by atoms with Crippen LogP contribution in [-0.2, 0) is 6.42 Å². The van der Waals surface area contributed by atoms with E-state index in [1.807, 2.05) is 6.07 Å². The summed E-state index contributed by atoms with van der Waals surface area (Å²) in [6.45, 7) is 7.27. The topological polar surface area (TPSA) is 58.0 Å². The van der Waals surface area contributed by atoms with Crippen molar-refractivity contribution in [2.24, 2.45) is 10.5 Å². The molecule has 1 aromatic carbocycles. The van der Waals surface area contributed by atoms with E-state index in [0.717, 1.165) is 24.2 Å². The van der Waals surface area contributed by atoms with Gasteiger partial charge < -0.3 is 4.74 Å². The molecule has 0 amide bonds. The number of nitrogens with zero attached hydrogens (tertiary/aromatic N) is 3. The molecular formula is C14H19N3O. The Balaban J connectivity index is 2.33. The van der Waals surface area contributed by atoms with Crippen LogP contribution in [-0.4, -0.2) is 6.61 Å². The summed E-state index contributed by atoms with van der Waals surface area (Å²) in [5.41, 5.74) is 11.2. The summed E-state index contributed by atoms with van der Waals surface area (Å²) in [4.78, 5) is 2.93. The Hall–Kier alpha value is -1.67. The standard InChI is InChI=1S/C14H19N3O/c1-14(2,3)9-10-4-5-13-11(8-10)12(16-17-15)6-7-18-13/h4-5,8,12H,6-7,9H2,1-3H3/t12-/m0/s1. The predicted octanol–water partition coefficient (Wildman–Crippen LogP) is 4.41. The quantitative estimate of drug-likeness (QED) is 0.432. The zero-order valence-corrected chi connectivity index (χ0v) is 11.2. The molecule has 1 aliphatic rings. The third-order valence-corrected chi connectivity index (χ3v) is 3.01. The van der Waals surface area contributed by atoms with E-state index in [9.17, 15) is 0 Å². The lowest BCUT2D eigenvalue weighted by molar-refractivity contribution is 0.268. The van der Waals surface area contributed by atoms with E-state index in [1.165, 1.54) is 5.56 Å². The van der Waals surface area contributed by atoms with Gasteiger partial charge in [0.15, 0.2) is 0 Å². The highest BCUT2D eigenvalue weighted by Gasteiger charge is 2.21. The van der Waals surface area contributed by atoms with Crippen LogP contribution >= 0.6 is 0 Å². The Morgan fingerprint density at radius 3 is 2.89 bits per heavy atom. The van der Waals surface area contributed by atoms with Crippen molar-refractivity contribution < 1.29 is 4.74 Å². The fraction of sp³-hybridized carbons (Fsp3) is 0.571. The second-order valence-electron chi connectivity index (χ2n) is 5.97. The maximum atomic E-state index is 8.62. The number of rotatable bonds is 2. The van der Waals surface area contributed by atoms with Crippen LogP contribution in [0, 0.1) is 5.41 Å². The normalized spacial score (nSPS) is 18.5. The van der Waals surface area contributed by atoms with Gasteiger partial charge >= 0.3 is 0 Å². The first kappa shape index (κ1) is 12.8. The zero-order valence-electron chi connectivity index (χ0n) is 11.2. The molecule has 0 saturated heterocycles. The first-order valence-electron chi connectivity index (χ1n) is 6.29. The molecule has 4 nitrogen and oxygen atoms in total. The largest absolute Gasteiger partial charge is 0.493 e. The van der Waals surface area contributed by atoms with Gasteiger partial charge in [0.1, 0.15) is 5.75 Å². The molecule has 2 rings (SSSR count). The average molecular weight is 245 g/mol. The first-order valence-corrected chi connectivity index (χ1v) is 6.29. The van der Waals surface area contributed by atoms with Gasteiger partial charge in [-0.1, -0.05) is 38.0 Å². The minimum absolute atomic E-state index is 0.0846. The van der Waals surface area contributed by atoms with Gasteiger partial charge in [-0.25, -0.2) is 0 Å². The second-order valence-corrected chi connectivity index (χ2v) is 5.97. The monoisotopic (exact) mass is 245 g/mol. The Bertz CT molecular complexity index is 484. The van der Waals surface area contributed by atoms with Gasteiger partial charge in [0.25, 0.3) is 0 Å². The molecule has 96 valence electrons. The number of hydrogen-bond acceptors (Lipinski definition) is 2. The maximum Gasteiger partial charge on any atom is 0.122 e. The highest BCUT2D eigenvalue weighted by Crippen LogP contribution is 2.36. The Kier molecular flexibility index (Phi) is 3.48. The van der Waals surface area contributed by atoms with Crippen molar-refractivity contribution in [2.75, 3.05) is 6.61 Å². The van der Waals surface area contributed by atoms with E-state index in [-0.39, 0.29) is 11.5 Å². The van der Waals surface area contributed by atoms with Crippen molar-refractivity contribution in [1.82, 2.24) is 0 Å². The van der Waals surface area contributed by atoms with Crippen molar-refractivity contribution >= 4 is 0 Å². The van der Waals surface area contributed by atoms with Crippen LogP contribution in [0.25, 0.3) is 10.4 Å². The van der Waals surface area contributed by atoms with Crippen LogP contribution in [0.15, 0.2) is 23.3 Å². The molecule has 0 aliphatic carbocycles. The Morgan fingerprint density at radius 2 is 2.22 bits per heavy atom. The summed E-state index contributed by atoms with van der Waals surface area (Å²) in [5.74, 6) is 0.858. The van der Waals surface area contributed by atoms with Gasteiger partial charge in [-0.2, -0.15) is 0 Å². The van der Waals surface area contributed by atoms with Gasteiger partial charge in [-0.3, -0.25) is 0 Å². The SMILES string of the molecule is CC(C)(C)Cc1ccc2c(c1)[C@@H](N=[N+]=[N-])CCO2. The second kappa shape index (κ2) is 4.91. The third-order valence-electron chi connectivity index (χ3n) is 3.01. The highest BCUT2D eigenvalue weighted by molar-refractivity contribution is 5.41. The lowest BCUT2D eigenvalue weighted by Crippen LogP contribution is -2.14. The van der Waals surface area contributed by atoms with E-state index < -0.39 is 0 Å². The van der Waals surface area contributed by atoms with Crippen molar-refractivity contribution in [3.63, 3.8) is 0 Å². The fourth-order valence-electron chi connectivity index (χ4n) is 2.33. The number of ether oxygens (including phenoxy) is 1. The van der Waals surface area contributed by atoms with Gasteiger partial charge in [0.2, 0.25) is 0 Å². The summed E-state index contributed by atoms with van der Waals surface area (Å²) in [6.07, 6.45) is 1.76. The number of azide groups is 1. The summed E-state index contributed by atoms with van der Waals surface area (Å²) in [7, 11) is 0. The van der Waals surface area contributed by atoms with Crippen LogP contribution in [0.5, 0.6) is 5.75 Å². The summed E-state index contributed by atoms with van der Waals surface area (Å²) in [5, 5.41) is 3.86. The van der Waals surface area contributed by atoms with Crippen molar-refractivity contribution in [3.8, 4) is 5.75 Å². The Labute approximate surface area is 108 Å². The summed E-state index contributed by atoms with van der Waals surface area (Å²) in [6, 6.07) is 6.13. The van der Waals surface area contributed by atoms with Crippen molar-refractivity contribution in [3.05, 3.63) is 39.8 Å². The molecule has 1 atom stereocenters. The molecule has 0 spiro atoms. The molecule has 0 saturated carbocycles. The molecule has 18 heavy (non-hydrogen) atoms. The van der Waals surface area contributed by atoms with Gasteiger partial charge in [0.05, 0.1) is 12.6 Å². The van der Waals surface area contributed by atoms with Crippen LogP contribution in [0.1, 0.15) is 44.4 Å². The molecule has 1 heterocycles. The van der Waals surface area contributed by atoms with Crippen LogP contribution < -0.4 is 4.74 Å². The lowest BCUT2D eigenvalue weighted by Gasteiger charge is -2.25. The minimum Gasteiger partial charge on any atom is -0.493 e. The number of benzene rings is 1. The molecular weight excluding hydrogens is 226 g/mol. The minimum atomic E-state index is -0.0846. The van der Waals surface area contributed by atoms with Crippen LogP contribution in [0.3, 0.4) is 0 Å². The van der Waals surface area contributed by atoms with E-state index >= 15 is 0 Å². The molecule has 1 aromatic rings. The lowest BCUT2D eigenvalue weighted by atomic mass is 9.86. The number of hydrogen-bond donors (Lipinski definition) is 0. The van der Waals surface area contributed by atoms with Crippen LogP contribution in [0.2, 0.25) is 0 Å². The fourth-order valence-corrected chi connectivity index (χ4v) is 2.33. The van der Waals surface area contributed by atoms with Gasteiger partial charge in [0, 0.05) is 10.5 Å². The average Bonchev–Trinajstić information content (AvgIpc) is 2.28. The maximum absolute atomic E-state index is 8.62. The van der Waals surface area contributed by atoms with Crippen molar-refractivity contribution in [2.45, 2.75) is 39.7 Å². The zero-order chi connectivity index (χ0) is 13.2. The van der Waals surface area contributed by atoms with E-state index in [0.29, 0.717) is 6.61 Å². The molecule has 0 radical (unpaired) electrons. The smallest absolute Gasteiger partial charge is 0.122 e. The third kappa shape index (κ3) is 2.96. The van der Waals surface area contributed by atoms with Crippen LogP contribution in [0.4, 0.5) is 0 Å². The van der Waals surface area contributed by atoms with E-state index in [2.05, 4.69) is 42.9 Å².